The highest BCUT2D eigenvalue weighted by Crippen LogP contribution is 2.21. The molecule has 4 rings (SSSR count). The average Bonchev–Trinajstić information content (AvgIpc) is 3.34. The standard InChI is InChI=1S/C14H10N6O4/c1-20-5-4-8(18-20)13-16-17-14(23-13)15-12(21)9-7-11(24-19-9)10-3-2-6-22-10/h2-7H,1H3,(H,15,17,21). The molecule has 4 heterocycles. The topological polar surface area (TPSA) is 125 Å². The Morgan fingerprint density at radius 2 is 2.17 bits per heavy atom. The molecular formula is C14H10N6O4. The summed E-state index contributed by atoms with van der Waals surface area (Å²) in [6, 6.07) is 6.49. The monoisotopic (exact) mass is 326 g/mol. The van der Waals surface area contributed by atoms with E-state index < -0.39 is 5.91 Å². The van der Waals surface area contributed by atoms with Gasteiger partial charge in [0.05, 0.1) is 6.26 Å². The predicted octanol–water partition coefficient (Wildman–Crippen LogP) is 1.97. The van der Waals surface area contributed by atoms with Crippen molar-refractivity contribution in [2.75, 3.05) is 5.32 Å². The Balaban J connectivity index is 1.49. The van der Waals surface area contributed by atoms with Crippen LogP contribution in [0.4, 0.5) is 6.01 Å². The summed E-state index contributed by atoms with van der Waals surface area (Å²) in [5.74, 6) is 0.455. The molecule has 1 amide bonds. The SMILES string of the molecule is Cn1ccc(-c2nnc(NC(=O)c3cc(-c4ccco4)on3)o2)n1. The number of rotatable bonds is 4. The van der Waals surface area contributed by atoms with Gasteiger partial charge >= 0.3 is 6.01 Å². The van der Waals surface area contributed by atoms with E-state index in [0.29, 0.717) is 17.2 Å². The molecule has 10 nitrogen and oxygen atoms in total. The number of nitrogens with zero attached hydrogens (tertiary/aromatic N) is 5. The molecule has 24 heavy (non-hydrogen) atoms. The van der Waals surface area contributed by atoms with E-state index in [4.69, 9.17) is 13.4 Å². The second kappa shape index (κ2) is 5.50. The second-order valence-electron chi connectivity index (χ2n) is 4.79. The molecule has 0 fully saturated rings. The minimum absolute atomic E-state index is 0.0546. The van der Waals surface area contributed by atoms with Crippen LogP contribution in [-0.4, -0.2) is 31.0 Å². The van der Waals surface area contributed by atoms with Gasteiger partial charge in [-0.1, -0.05) is 10.3 Å². The number of aromatic nitrogens is 5. The number of anilines is 1. The van der Waals surface area contributed by atoms with Gasteiger partial charge < -0.3 is 13.4 Å². The number of carbonyl (C=O) groups is 1. The number of hydrogen-bond acceptors (Lipinski definition) is 8. The summed E-state index contributed by atoms with van der Waals surface area (Å²) in [5.41, 5.74) is 0.561. The molecule has 0 saturated carbocycles. The Kier molecular flexibility index (Phi) is 3.19. The van der Waals surface area contributed by atoms with Crippen LogP contribution < -0.4 is 5.32 Å². The fourth-order valence-electron chi connectivity index (χ4n) is 1.98. The quantitative estimate of drug-likeness (QED) is 0.603. The zero-order valence-electron chi connectivity index (χ0n) is 12.3. The fraction of sp³-hybridized carbons (Fsp3) is 0.0714. The van der Waals surface area contributed by atoms with Crippen molar-refractivity contribution in [2.45, 2.75) is 0 Å². The maximum absolute atomic E-state index is 12.1. The Morgan fingerprint density at radius 1 is 1.25 bits per heavy atom. The molecule has 10 heteroatoms. The third-order valence-electron chi connectivity index (χ3n) is 3.09. The minimum Gasteiger partial charge on any atom is -0.461 e. The van der Waals surface area contributed by atoms with Gasteiger partial charge in [-0.25, -0.2) is 0 Å². The van der Waals surface area contributed by atoms with Gasteiger partial charge in [-0.2, -0.15) is 5.10 Å². The Labute approximate surface area is 134 Å². The van der Waals surface area contributed by atoms with Crippen molar-refractivity contribution in [3.63, 3.8) is 0 Å². The summed E-state index contributed by atoms with van der Waals surface area (Å²) in [7, 11) is 1.77. The maximum Gasteiger partial charge on any atom is 0.322 e. The van der Waals surface area contributed by atoms with E-state index in [2.05, 4.69) is 25.8 Å². The lowest BCUT2D eigenvalue weighted by Gasteiger charge is -1.94. The lowest BCUT2D eigenvalue weighted by molar-refractivity contribution is 0.101. The van der Waals surface area contributed by atoms with Crippen LogP contribution in [0.15, 0.2) is 50.1 Å². The molecule has 4 aromatic heterocycles. The molecule has 0 unspecified atom stereocenters. The smallest absolute Gasteiger partial charge is 0.322 e. The van der Waals surface area contributed by atoms with E-state index in [1.165, 1.54) is 12.3 Å². The molecule has 0 aliphatic heterocycles. The first-order chi connectivity index (χ1) is 11.7. The van der Waals surface area contributed by atoms with Crippen LogP contribution in [0, 0.1) is 0 Å². The first-order valence-electron chi connectivity index (χ1n) is 6.84. The van der Waals surface area contributed by atoms with E-state index >= 15 is 0 Å². The van der Waals surface area contributed by atoms with Crippen LogP contribution in [0.5, 0.6) is 0 Å². The summed E-state index contributed by atoms with van der Waals surface area (Å²) in [6.45, 7) is 0. The molecule has 0 spiro atoms. The van der Waals surface area contributed by atoms with Gasteiger partial charge in [-0.05, 0) is 18.2 Å². The van der Waals surface area contributed by atoms with Gasteiger partial charge in [0, 0.05) is 19.3 Å². The summed E-state index contributed by atoms with van der Waals surface area (Å²) in [5, 5.41) is 17.8. The van der Waals surface area contributed by atoms with Crippen molar-refractivity contribution in [3.8, 4) is 23.1 Å². The van der Waals surface area contributed by atoms with Gasteiger partial charge in [-0.15, -0.1) is 5.10 Å². The first-order valence-corrected chi connectivity index (χ1v) is 6.84. The maximum atomic E-state index is 12.1. The van der Waals surface area contributed by atoms with E-state index in [9.17, 15) is 4.79 Å². The van der Waals surface area contributed by atoms with Crippen molar-refractivity contribution < 1.29 is 18.2 Å². The summed E-state index contributed by atoms with van der Waals surface area (Å²) >= 11 is 0. The fourth-order valence-corrected chi connectivity index (χ4v) is 1.98. The Bertz CT molecular complexity index is 981. The van der Waals surface area contributed by atoms with E-state index in [1.54, 1.807) is 36.1 Å². The van der Waals surface area contributed by atoms with Crippen LogP contribution in [0.25, 0.3) is 23.1 Å². The van der Waals surface area contributed by atoms with Crippen molar-refractivity contribution in [1.82, 2.24) is 25.1 Å². The average molecular weight is 326 g/mol. The minimum atomic E-state index is -0.548. The summed E-state index contributed by atoms with van der Waals surface area (Å²) < 4.78 is 17.2. The Morgan fingerprint density at radius 3 is 2.92 bits per heavy atom. The largest absolute Gasteiger partial charge is 0.461 e. The van der Waals surface area contributed by atoms with E-state index in [-0.39, 0.29) is 17.6 Å². The Hall–Kier alpha value is -3.69. The molecule has 0 atom stereocenters. The predicted molar refractivity (Wildman–Crippen MR) is 78.7 cm³/mol. The van der Waals surface area contributed by atoms with Crippen LogP contribution in [0.3, 0.4) is 0 Å². The molecular weight excluding hydrogens is 316 g/mol. The van der Waals surface area contributed by atoms with E-state index in [1.807, 2.05) is 0 Å². The van der Waals surface area contributed by atoms with Crippen LogP contribution in [-0.2, 0) is 7.05 Å². The second-order valence-corrected chi connectivity index (χ2v) is 4.79. The molecule has 0 aliphatic rings. The number of hydrogen-bond donors (Lipinski definition) is 1. The van der Waals surface area contributed by atoms with Crippen molar-refractivity contribution in [1.29, 1.82) is 0 Å². The molecule has 0 bridgehead atoms. The molecule has 0 aliphatic carbocycles. The highest BCUT2D eigenvalue weighted by molar-refractivity contribution is 6.02. The number of amides is 1. The van der Waals surface area contributed by atoms with Crippen molar-refractivity contribution in [3.05, 3.63) is 42.4 Å². The van der Waals surface area contributed by atoms with Crippen LogP contribution >= 0.6 is 0 Å². The molecule has 0 saturated heterocycles. The van der Waals surface area contributed by atoms with Gasteiger partial charge in [0.15, 0.2) is 11.5 Å². The molecule has 120 valence electrons. The number of furan rings is 1. The van der Waals surface area contributed by atoms with Gasteiger partial charge in [0.25, 0.3) is 11.8 Å². The molecule has 4 aromatic rings. The van der Waals surface area contributed by atoms with E-state index in [0.717, 1.165) is 0 Å². The first kappa shape index (κ1) is 13.9. The van der Waals surface area contributed by atoms with Gasteiger partial charge in [0.1, 0.15) is 5.69 Å². The zero-order valence-corrected chi connectivity index (χ0v) is 12.3. The van der Waals surface area contributed by atoms with Gasteiger partial charge in [-0.3, -0.25) is 14.8 Å². The summed E-state index contributed by atoms with van der Waals surface area (Å²) in [4.78, 5) is 12.1. The van der Waals surface area contributed by atoms with Crippen LogP contribution in [0.2, 0.25) is 0 Å². The van der Waals surface area contributed by atoms with Crippen molar-refractivity contribution in [2.24, 2.45) is 7.05 Å². The number of aryl methyl sites for hydroxylation is 1. The molecule has 0 aromatic carbocycles. The number of nitrogens with one attached hydrogen (secondary N) is 1. The highest BCUT2D eigenvalue weighted by Gasteiger charge is 2.18. The summed E-state index contributed by atoms with van der Waals surface area (Å²) in [6.07, 6.45) is 3.23. The molecule has 0 radical (unpaired) electrons. The number of carbonyl (C=O) groups excluding carboxylic acids is 1. The van der Waals surface area contributed by atoms with Gasteiger partial charge in [0.2, 0.25) is 5.76 Å². The van der Waals surface area contributed by atoms with Crippen molar-refractivity contribution >= 4 is 11.9 Å². The third kappa shape index (κ3) is 2.56. The lowest BCUT2D eigenvalue weighted by Crippen LogP contribution is -2.12. The molecule has 1 N–H and O–H groups in total. The lowest BCUT2D eigenvalue weighted by atomic mass is 10.3. The normalized spacial score (nSPS) is 10.9. The third-order valence-corrected chi connectivity index (χ3v) is 3.09. The van der Waals surface area contributed by atoms with Crippen LogP contribution in [0.1, 0.15) is 10.5 Å². The zero-order chi connectivity index (χ0) is 16.5. The highest BCUT2D eigenvalue weighted by atomic mass is 16.5.